The molecular formula is C18H23NO7S. The van der Waals surface area contributed by atoms with E-state index in [0.717, 1.165) is 11.8 Å². The SMILES string of the molecule is COc1c(C)c2c(c(NS(C)(=O)=O)c1C/C=C(\C)CCC(=O)O)C(=O)OC2. The molecule has 2 N–H and O–H groups in total. The second kappa shape index (κ2) is 7.99. The molecule has 0 aliphatic carbocycles. The molecule has 1 aromatic rings. The quantitative estimate of drug-likeness (QED) is 0.510. The molecular weight excluding hydrogens is 374 g/mol. The molecule has 0 spiro atoms. The number of anilines is 1. The van der Waals surface area contributed by atoms with Gasteiger partial charge in [0.15, 0.2) is 0 Å². The van der Waals surface area contributed by atoms with Gasteiger partial charge in [-0.3, -0.25) is 9.52 Å². The van der Waals surface area contributed by atoms with Crippen molar-refractivity contribution in [3.8, 4) is 5.75 Å². The van der Waals surface area contributed by atoms with Crippen molar-refractivity contribution >= 4 is 27.6 Å². The van der Waals surface area contributed by atoms with Crippen molar-refractivity contribution in [2.75, 3.05) is 18.1 Å². The highest BCUT2D eigenvalue weighted by Crippen LogP contribution is 2.41. The predicted molar refractivity (Wildman–Crippen MR) is 99.6 cm³/mol. The van der Waals surface area contributed by atoms with E-state index >= 15 is 0 Å². The first-order valence-electron chi connectivity index (χ1n) is 8.29. The van der Waals surface area contributed by atoms with E-state index in [9.17, 15) is 18.0 Å². The van der Waals surface area contributed by atoms with Crippen molar-refractivity contribution in [2.45, 2.75) is 39.7 Å². The summed E-state index contributed by atoms with van der Waals surface area (Å²) in [6, 6.07) is 0. The highest BCUT2D eigenvalue weighted by atomic mass is 32.2. The summed E-state index contributed by atoms with van der Waals surface area (Å²) in [5.41, 5.74) is 3.01. The summed E-state index contributed by atoms with van der Waals surface area (Å²) in [6.07, 6.45) is 3.46. The van der Waals surface area contributed by atoms with Crippen LogP contribution in [0.1, 0.15) is 46.8 Å². The second-order valence-corrected chi connectivity index (χ2v) is 8.21. The standard InChI is InChI=1S/C18H23NO7S/c1-10(6-8-14(20)21)5-7-12-16(19-27(4,23)24)15-13(9-26-18(15)22)11(2)17(12)25-3/h5,19H,6-9H2,1-4H3,(H,20,21)/b10-5+. The number of carboxylic acids is 1. The van der Waals surface area contributed by atoms with Gasteiger partial charge in [0, 0.05) is 17.5 Å². The first-order chi connectivity index (χ1) is 12.5. The molecule has 8 nitrogen and oxygen atoms in total. The number of aliphatic carboxylic acids is 1. The number of carbonyl (C=O) groups excluding carboxylic acids is 1. The number of rotatable bonds is 8. The fraction of sp³-hybridized carbons (Fsp3) is 0.444. The summed E-state index contributed by atoms with van der Waals surface area (Å²) in [4.78, 5) is 22.9. The van der Waals surface area contributed by atoms with Crippen LogP contribution < -0.4 is 9.46 Å². The number of sulfonamides is 1. The van der Waals surface area contributed by atoms with E-state index < -0.39 is 22.0 Å². The molecule has 27 heavy (non-hydrogen) atoms. The third-order valence-corrected chi connectivity index (χ3v) is 4.93. The van der Waals surface area contributed by atoms with Crippen molar-refractivity contribution < 1.29 is 32.6 Å². The number of cyclic esters (lactones) is 1. The number of hydrogen-bond donors (Lipinski definition) is 2. The molecule has 1 aliphatic rings. The number of carboxylic acid groups (broad SMARTS) is 1. The summed E-state index contributed by atoms with van der Waals surface area (Å²) >= 11 is 0. The summed E-state index contributed by atoms with van der Waals surface area (Å²) in [6.45, 7) is 3.64. The minimum Gasteiger partial charge on any atom is -0.496 e. The lowest BCUT2D eigenvalue weighted by Gasteiger charge is -2.19. The third kappa shape index (κ3) is 4.79. The van der Waals surface area contributed by atoms with Crippen LogP contribution in [0.15, 0.2) is 11.6 Å². The van der Waals surface area contributed by atoms with Gasteiger partial charge in [-0.25, -0.2) is 13.2 Å². The highest BCUT2D eigenvalue weighted by Gasteiger charge is 2.32. The van der Waals surface area contributed by atoms with Crippen LogP contribution in [0.25, 0.3) is 0 Å². The summed E-state index contributed by atoms with van der Waals surface area (Å²) in [5.74, 6) is -1.01. The van der Waals surface area contributed by atoms with Crippen LogP contribution in [0.5, 0.6) is 5.75 Å². The molecule has 0 unspecified atom stereocenters. The number of fused-ring (bicyclic) bond motifs is 1. The molecule has 1 aromatic carbocycles. The molecule has 0 aromatic heterocycles. The van der Waals surface area contributed by atoms with Gasteiger partial charge < -0.3 is 14.6 Å². The molecule has 0 bridgehead atoms. The van der Waals surface area contributed by atoms with E-state index in [4.69, 9.17) is 14.6 Å². The molecule has 1 heterocycles. The van der Waals surface area contributed by atoms with E-state index in [1.165, 1.54) is 7.11 Å². The van der Waals surface area contributed by atoms with Gasteiger partial charge in [0.25, 0.3) is 0 Å². The normalized spacial score (nSPS) is 13.9. The maximum Gasteiger partial charge on any atom is 0.341 e. The summed E-state index contributed by atoms with van der Waals surface area (Å²) < 4.78 is 36.8. The van der Waals surface area contributed by atoms with Crippen LogP contribution in [0.3, 0.4) is 0 Å². The Labute approximate surface area is 158 Å². The van der Waals surface area contributed by atoms with Gasteiger partial charge in [0.2, 0.25) is 10.0 Å². The molecule has 0 amide bonds. The lowest BCUT2D eigenvalue weighted by molar-refractivity contribution is -0.136. The van der Waals surface area contributed by atoms with Crippen molar-refractivity contribution in [2.24, 2.45) is 0 Å². The third-order valence-electron chi connectivity index (χ3n) is 4.35. The van der Waals surface area contributed by atoms with Gasteiger partial charge in [-0.1, -0.05) is 11.6 Å². The van der Waals surface area contributed by atoms with Crippen molar-refractivity contribution in [1.29, 1.82) is 0 Å². The Hall–Kier alpha value is -2.55. The number of hydrogen-bond acceptors (Lipinski definition) is 6. The van der Waals surface area contributed by atoms with Gasteiger partial charge in [-0.2, -0.15) is 0 Å². The maximum atomic E-state index is 12.2. The Bertz CT molecular complexity index is 916. The number of methoxy groups -OCH3 is 1. The topological polar surface area (TPSA) is 119 Å². The summed E-state index contributed by atoms with van der Waals surface area (Å²) in [7, 11) is -2.18. The Morgan fingerprint density at radius 1 is 1.37 bits per heavy atom. The van der Waals surface area contributed by atoms with Crippen LogP contribution in [-0.2, 0) is 32.6 Å². The number of nitrogens with one attached hydrogen (secondary N) is 1. The molecule has 0 atom stereocenters. The number of esters is 1. The van der Waals surface area contributed by atoms with Gasteiger partial charge in [-0.05, 0) is 32.3 Å². The van der Waals surface area contributed by atoms with E-state index in [0.29, 0.717) is 28.9 Å². The van der Waals surface area contributed by atoms with Crippen molar-refractivity contribution in [1.82, 2.24) is 0 Å². The Balaban J connectivity index is 2.58. The minimum atomic E-state index is -3.65. The van der Waals surface area contributed by atoms with Crippen LogP contribution in [0, 0.1) is 6.92 Å². The maximum absolute atomic E-state index is 12.2. The van der Waals surface area contributed by atoms with Gasteiger partial charge >= 0.3 is 11.9 Å². The Morgan fingerprint density at radius 3 is 2.59 bits per heavy atom. The smallest absolute Gasteiger partial charge is 0.341 e. The van der Waals surface area contributed by atoms with Crippen LogP contribution >= 0.6 is 0 Å². The molecule has 1 aliphatic heterocycles. The number of allylic oxidation sites excluding steroid dienone is 2. The Morgan fingerprint density at radius 2 is 2.04 bits per heavy atom. The predicted octanol–water partition coefficient (Wildman–Crippen LogP) is 2.40. The van der Waals surface area contributed by atoms with Crippen molar-refractivity contribution in [3.63, 3.8) is 0 Å². The largest absolute Gasteiger partial charge is 0.496 e. The average Bonchev–Trinajstić information content (AvgIpc) is 2.95. The number of carbonyl (C=O) groups is 2. The van der Waals surface area contributed by atoms with Crippen LogP contribution in [0.4, 0.5) is 5.69 Å². The Kier molecular flexibility index (Phi) is 6.15. The number of ether oxygens (including phenoxy) is 2. The van der Waals surface area contributed by atoms with E-state index in [-0.39, 0.29) is 30.7 Å². The number of benzene rings is 1. The lowest BCUT2D eigenvalue weighted by Crippen LogP contribution is -2.16. The van der Waals surface area contributed by atoms with Crippen LogP contribution in [-0.4, -0.2) is 38.8 Å². The van der Waals surface area contributed by atoms with Gasteiger partial charge in [-0.15, -0.1) is 0 Å². The second-order valence-electron chi connectivity index (χ2n) is 6.46. The fourth-order valence-corrected chi connectivity index (χ4v) is 3.63. The first kappa shape index (κ1) is 20.8. The monoisotopic (exact) mass is 397 g/mol. The fourth-order valence-electron chi connectivity index (χ4n) is 3.03. The highest BCUT2D eigenvalue weighted by molar-refractivity contribution is 7.92. The molecule has 0 fully saturated rings. The lowest BCUT2D eigenvalue weighted by atomic mass is 9.94. The van der Waals surface area contributed by atoms with E-state index in [1.807, 2.05) is 0 Å². The molecule has 0 saturated carbocycles. The van der Waals surface area contributed by atoms with Crippen molar-refractivity contribution in [3.05, 3.63) is 33.9 Å². The molecule has 2 rings (SSSR count). The molecule has 9 heteroatoms. The first-order valence-corrected chi connectivity index (χ1v) is 10.2. The van der Waals surface area contributed by atoms with Gasteiger partial charge in [0.1, 0.15) is 12.4 Å². The van der Waals surface area contributed by atoms with Gasteiger partial charge in [0.05, 0.1) is 24.6 Å². The minimum absolute atomic E-state index is 0.00343. The average molecular weight is 397 g/mol. The van der Waals surface area contributed by atoms with E-state index in [2.05, 4.69) is 4.72 Å². The summed E-state index contributed by atoms with van der Waals surface area (Å²) in [5, 5.41) is 8.80. The molecule has 148 valence electrons. The molecule has 0 radical (unpaired) electrons. The zero-order chi connectivity index (χ0) is 20.4. The zero-order valence-corrected chi connectivity index (χ0v) is 16.5. The zero-order valence-electron chi connectivity index (χ0n) is 15.7. The molecule has 0 saturated heterocycles. The van der Waals surface area contributed by atoms with Crippen LogP contribution in [0.2, 0.25) is 0 Å². The van der Waals surface area contributed by atoms with E-state index in [1.54, 1.807) is 19.9 Å².